The molecule has 0 bridgehead atoms. The van der Waals surface area contributed by atoms with E-state index in [1.54, 1.807) is 12.1 Å². The fourth-order valence-electron chi connectivity index (χ4n) is 8.11. The highest BCUT2D eigenvalue weighted by atomic mass is 32.2. The first-order chi connectivity index (χ1) is 20.2. The van der Waals surface area contributed by atoms with Gasteiger partial charge in [-0.3, -0.25) is 0 Å². The van der Waals surface area contributed by atoms with Gasteiger partial charge in [0.25, 0.3) is 0 Å². The fraction of sp³-hybridized carbons (Fsp3) is 0.758. The van der Waals surface area contributed by atoms with Crippen LogP contribution in [0.2, 0.25) is 0 Å². The molecule has 4 rings (SSSR count). The number of halogens is 6. The van der Waals surface area contributed by atoms with Gasteiger partial charge in [0, 0.05) is 6.42 Å². The Bertz CT molecular complexity index is 1100. The third-order valence-corrected chi connectivity index (χ3v) is 11.7. The van der Waals surface area contributed by atoms with Gasteiger partial charge in [-0.2, -0.15) is 33.7 Å². The molecule has 0 radical (unpaired) electrons. The average molecular weight is 636 g/mol. The molecule has 0 spiro atoms. The number of alkyl halides is 6. The number of fused-ring (bicyclic) bond motifs is 5. The van der Waals surface area contributed by atoms with Crippen molar-refractivity contribution in [1.82, 2.24) is 4.90 Å². The van der Waals surface area contributed by atoms with Crippen molar-refractivity contribution in [3.8, 4) is 5.75 Å². The second-order valence-corrected chi connectivity index (χ2v) is 14.6. The summed E-state index contributed by atoms with van der Waals surface area (Å²) in [4.78, 5) is 2.20. The van der Waals surface area contributed by atoms with Crippen LogP contribution in [0.25, 0.3) is 0 Å². The largest absolute Gasteiger partial charge is 0.508 e. The molecule has 0 heterocycles. The maximum atomic E-state index is 16.3. The van der Waals surface area contributed by atoms with Crippen LogP contribution in [0.4, 0.5) is 26.3 Å². The number of phenolic OH excluding ortho intramolecular Hbond substituents is 1. The van der Waals surface area contributed by atoms with Crippen molar-refractivity contribution < 1.29 is 36.6 Å². The Morgan fingerprint density at radius 2 is 1.72 bits per heavy atom. The van der Waals surface area contributed by atoms with E-state index in [-0.39, 0.29) is 47.0 Å². The summed E-state index contributed by atoms with van der Waals surface area (Å²) in [5, 5.41) is 20.9. The van der Waals surface area contributed by atoms with Crippen LogP contribution >= 0.6 is 11.8 Å². The first kappa shape index (κ1) is 34.5. The first-order valence-corrected chi connectivity index (χ1v) is 16.9. The second kappa shape index (κ2) is 13.9. The summed E-state index contributed by atoms with van der Waals surface area (Å²) in [5.41, 5.74) is 2.35. The molecule has 3 aliphatic carbocycles. The number of phenols is 1. The number of aliphatic hydroxyl groups is 1. The molecule has 7 atom stereocenters. The van der Waals surface area contributed by atoms with Crippen molar-refractivity contribution in [3.05, 3.63) is 41.5 Å². The third kappa shape index (κ3) is 7.54. The van der Waals surface area contributed by atoms with Gasteiger partial charge in [-0.1, -0.05) is 32.4 Å². The lowest BCUT2D eigenvalue weighted by Crippen LogP contribution is -2.45. The molecule has 0 amide bonds. The Morgan fingerprint density at radius 1 is 1.02 bits per heavy atom. The van der Waals surface area contributed by atoms with Gasteiger partial charge in [0.1, 0.15) is 11.9 Å². The molecule has 2 saturated carbocycles. The zero-order valence-electron chi connectivity index (χ0n) is 25.3. The summed E-state index contributed by atoms with van der Waals surface area (Å²) in [7, 11) is 2.02. The van der Waals surface area contributed by atoms with Crippen LogP contribution in [0.5, 0.6) is 5.75 Å². The Hall–Kier alpha value is -1.39. The Labute approximate surface area is 256 Å². The predicted octanol–water partition coefficient (Wildman–Crippen LogP) is 9.06. The lowest BCUT2D eigenvalue weighted by Gasteiger charge is -2.53. The summed E-state index contributed by atoms with van der Waals surface area (Å²) in [6.07, 6.45) is -1.64. The number of rotatable bonds is 14. The van der Waals surface area contributed by atoms with Crippen LogP contribution in [0.1, 0.15) is 94.3 Å². The van der Waals surface area contributed by atoms with E-state index < -0.39 is 30.8 Å². The molecule has 43 heavy (non-hydrogen) atoms. The zero-order chi connectivity index (χ0) is 31.6. The summed E-state index contributed by atoms with van der Waals surface area (Å²) in [5.74, 6) is -3.18. The summed E-state index contributed by atoms with van der Waals surface area (Å²) in [6, 6.07) is 5.16. The monoisotopic (exact) mass is 635 g/mol. The van der Waals surface area contributed by atoms with E-state index in [2.05, 4.69) is 18.4 Å². The number of benzene rings is 1. The molecule has 10 heteroatoms. The Kier molecular flexibility index (Phi) is 11.2. The van der Waals surface area contributed by atoms with Gasteiger partial charge in [-0.25, -0.2) is 4.39 Å². The summed E-state index contributed by atoms with van der Waals surface area (Å²) in [6.45, 7) is 8.13. The van der Waals surface area contributed by atoms with Crippen molar-refractivity contribution in [2.24, 2.45) is 23.2 Å². The maximum absolute atomic E-state index is 16.3. The SMILES string of the molecule is C=C1[C@H](O)C[C@H]2[C@@H]3[C@H](CCCCCN(C)CCCSCCCC(F)(F)C(F)(F)F)[C@@H](F)c4cc(O)ccc4[C@H]3CC[C@]12C. The van der Waals surface area contributed by atoms with Gasteiger partial charge in [0.2, 0.25) is 0 Å². The van der Waals surface area contributed by atoms with Crippen molar-refractivity contribution in [3.63, 3.8) is 0 Å². The molecule has 3 aliphatic rings. The van der Waals surface area contributed by atoms with Gasteiger partial charge in [0.15, 0.2) is 0 Å². The Morgan fingerprint density at radius 3 is 2.44 bits per heavy atom. The van der Waals surface area contributed by atoms with Gasteiger partial charge >= 0.3 is 12.1 Å². The molecule has 1 aromatic carbocycles. The average Bonchev–Trinajstić information content (AvgIpc) is 3.17. The number of aromatic hydroxyl groups is 1. The van der Waals surface area contributed by atoms with E-state index in [4.69, 9.17) is 0 Å². The predicted molar refractivity (Wildman–Crippen MR) is 160 cm³/mol. The highest BCUT2D eigenvalue weighted by Crippen LogP contribution is 2.66. The highest BCUT2D eigenvalue weighted by Gasteiger charge is 2.59. The number of hydrogen-bond donors (Lipinski definition) is 2. The number of hydrogen-bond acceptors (Lipinski definition) is 4. The van der Waals surface area contributed by atoms with E-state index in [9.17, 15) is 32.2 Å². The molecule has 2 N–H and O–H groups in total. The van der Waals surface area contributed by atoms with E-state index in [0.717, 1.165) is 69.2 Å². The number of thioether (sulfide) groups is 1. The highest BCUT2D eigenvalue weighted by molar-refractivity contribution is 7.99. The number of unbranched alkanes of at least 4 members (excludes halogenated alkanes) is 2. The van der Waals surface area contributed by atoms with Crippen molar-refractivity contribution >= 4 is 11.8 Å². The normalized spacial score (nSPS) is 30.8. The van der Waals surface area contributed by atoms with Gasteiger partial charge < -0.3 is 15.1 Å². The molecule has 244 valence electrons. The van der Waals surface area contributed by atoms with Crippen LogP contribution in [0, 0.1) is 23.2 Å². The number of aliphatic hydroxyl groups excluding tert-OH is 1. The van der Waals surface area contributed by atoms with Crippen molar-refractivity contribution in [2.75, 3.05) is 31.6 Å². The number of nitrogens with zero attached hydrogens (tertiary/aromatic N) is 1. The minimum atomic E-state index is -5.48. The Balaban J connectivity index is 1.22. The lowest BCUT2D eigenvalue weighted by atomic mass is 9.51. The molecule has 3 nitrogen and oxygen atoms in total. The molecule has 1 aromatic rings. The van der Waals surface area contributed by atoms with Crippen LogP contribution in [-0.2, 0) is 0 Å². The molecule has 0 aromatic heterocycles. The fourth-order valence-corrected chi connectivity index (χ4v) is 8.99. The van der Waals surface area contributed by atoms with Crippen LogP contribution in [0.15, 0.2) is 30.4 Å². The minimum absolute atomic E-state index is 0.0911. The first-order valence-electron chi connectivity index (χ1n) is 15.7. The van der Waals surface area contributed by atoms with E-state index in [1.165, 1.54) is 11.8 Å². The van der Waals surface area contributed by atoms with Gasteiger partial charge in [-0.05, 0) is 135 Å². The second-order valence-electron chi connectivity index (χ2n) is 13.3. The lowest BCUT2D eigenvalue weighted by molar-refractivity contribution is -0.284. The molecule has 0 saturated heterocycles. The molecule has 2 fully saturated rings. The van der Waals surface area contributed by atoms with E-state index in [0.29, 0.717) is 17.7 Å². The van der Waals surface area contributed by atoms with Crippen LogP contribution in [-0.4, -0.2) is 65.0 Å². The van der Waals surface area contributed by atoms with Crippen molar-refractivity contribution in [2.45, 2.75) is 101 Å². The van der Waals surface area contributed by atoms with E-state index >= 15 is 4.39 Å². The minimum Gasteiger partial charge on any atom is -0.508 e. The maximum Gasteiger partial charge on any atom is 0.453 e. The van der Waals surface area contributed by atoms with Crippen LogP contribution in [0.3, 0.4) is 0 Å². The molecule has 0 unspecified atom stereocenters. The van der Waals surface area contributed by atoms with Gasteiger partial charge in [0.05, 0.1) is 6.10 Å². The third-order valence-electron chi connectivity index (χ3n) is 10.6. The molecular formula is C33H47F6NO2S. The topological polar surface area (TPSA) is 43.7 Å². The van der Waals surface area contributed by atoms with Crippen LogP contribution < -0.4 is 0 Å². The van der Waals surface area contributed by atoms with E-state index in [1.807, 2.05) is 13.1 Å². The van der Waals surface area contributed by atoms with Gasteiger partial charge in [-0.15, -0.1) is 0 Å². The summed E-state index contributed by atoms with van der Waals surface area (Å²) < 4.78 is 78.9. The summed E-state index contributed by atoms with van der Waals surface area (Å²) >= 11 is 1.41. The van der Waals surface area contributed by atoms with Crippen molar-refractivity contribution in [1.29, 1.82) is 0 Å². The zero-order valence-corrected chi connectivity index (χ0v) is 26.1. The standard InChI is InChI=1S/C33H47F6NO2S/c1-21-28(42)20-27-29-24(12-14-31(21,27)2)23-11-10-22(41)19-26(23)30(34)25(29)9-5-4-6-15-40(3)16-8-18-43-17-7-13-32(35,36)33(37,38)39/h10-11,19,24-25,27-30,41-42H,1,4-9,12-18,20H2,2-3H3/t24-,25+,27+,28-,29+,30-,31-/m1/s1. The smallest absolute Gasteiger partial charge is 0.453 e. The molecular weight excluding hydrogens is 588 g/mol. The quantitative estimate of drug-likeness (QED) is 0.122. The molecule has 0 aliphatic heterocycles.